The molecule has 4 rings (SSSR count). The summed E-state index contributed by atoms with van der Waals surface area (Å²) in [6, 6.07) is 3.74. The normalized spacial score (nSPS) is 13.4. The van der Waals surface area contributed by atoms with E-state index in [0.29, 0.717) is 23.9 Å². The maximum atomic E-state index is 11.9. The minimum absolute atomic E-state index is 0.127. The molecule has 1 aliphatic heterocycles. The van der Waals surface area contributed by atoms with E-state index in [1.807, 2.05) is 30.9 Å². The summed E-state index contributed by atoms with van der Waals surface area (Å²) in [7, 11) is 0. The average molecular weight is 592 g/mol. The van der Waals surface area contributed by atoms with Crippen LogP contribution >= 0.6 is 27.3 Å². The Balaban J connectivity index is 0.000000256. The number of H-pyrrole nitrogens is 1. The molecule has 1 saturated heterocycles. The van der Waals surface area contributed by atoms with Crippen LogP contribution in [0.3, 0.4) is 0 Å². The number of rotatable bonds is 7. The second kappa shape index (κ2) is 15.8. The van der Waals surface area contributed by atoms with Crippen molar-refractivity contribution in [1.82, 2.24) is 25.4 Å². The van der Waals surface area contributed by atoms with Crippen LogP contribution in [-0.2, 0) is 9.59 Å². The van der Waals surface area contributed by atoms with Crippen molar-refractivity contribution in [3.8, 4) is 0 Å². The SMILES string of the molecule is CC(=C/NCC(=O)N1CCCC1)/C(N)=N\c1ncc(C)s1.CCC.O=CNc1c(Br)ccc2[nH]ncc12. The number of amides is 2. The Morgan fingerprint density at radius 3 is 2.62 bits per heavy atom. The predicted octanol–water partition coefficient (Wildman–Crippen LogP) is 4.87. The second-order valence-electron chi connectivity index (χ2n) is 8.27. The molecule has 10 nitrogen and oxygen atoms in total. The molecule has 2 aromatic heterocycles. The zero-order valence-corrected chi connectivity index (χ0v) is 24.1. The number of carbonyl (C=O) groups excluding carboxylic acids is 2. The highest BCUT2D eigenvalue weighted by Gasteiger charge is 2.16. The molecule has 1 fully saturated rings. The summed E-state index contributed by atoms with van der Waals surface area (Å²) in [6.07, 6.45) is 9.27. The van der Waals surface area contributed by atoms with E-state index in [1.54, 1.807) is 18.6 Å². The van der Waals surface area contributed by atoms with Gasteiger partial charge in [0.15, 0.2) is 0 Å². The number of aliphatic imine (C=N–C) groups is 1. The molecular weight excluding hydrogens is 556 g/mol. The largest absolute Gasteiger partial charge is 0.383 e. The molecule has 3 aromatic rings. The van der Waals surface area contributed by atoms with Crippen LogP contribution in [0.1, 0.15) is 44.9 Å². The van der Waals surface area contributed by atoms with Crippen LogP contribution in [0.15, 0.2) is 45.8 Å². The van der Waals surface area contributed by atoms with E-state index >= 15 is 0 Å². The van der Waals surface area contributed by atoms with E-state index < -0.39 is 0 Å². The van der Waals surface area contributed by atoms with Crippen LogP contribution in [-0.4, -0.2) is 57.9 Å². The fraction of sp³-hybridized carbons (Fsp3) is 0.400. The van der Waals surface area contributed by atoms with Gasteiger partial charge < -0.3 is 21.3 Å². The molecule has 0 atom stereocenters. The molecule has 0 aliphatic carbocycles. The number of hydrogen-bond donors (Lipinski definition) is 4. The zero-order chi connectivity index (χ0) is 27.2. The van der Waals surface area contributed by atoms with Gasteiger partial charge in [-0.3, -0.25) is 14.7 Å². The smallest absolute Gasteiger partial charge is 0.241 e. The lowest BCUT2D eigenvalue weighted by Gasteiger charge is -2.14. The van der Waals surface area contributed by atoms with Crippen molar-refractivity contribution in [2.24, 2.45) is 10.7 Å². The van der Waals surface area contributed by atoms with Gasteiger partial charge in [-0.15, -0.1) is 11.3 Å². The van der Waals surface area contributed by atoms with Gasteiger partial charge in [0.2, 0.25) is 17.4 Å². The van der Waals surface area contributed by atoms with Crippen LogP contribution < -0.4 is 16.4 Å². The number of nitrogens with zero attached hydrogens (tertiary/aromatic N) is 4. The summed E-state index contributed by atoms with van der Waals surface area (Å²) in [5.41, 5.74) is 8.33. The van der Waals surface area contributed by atoms with E-state index in [0.717, 1.165) is 57.4 Å². The van der Waals surface area contributed by atoms with Gasteiger partial charge in [0, 0.05) is 45.8 Å². The molecule has 1 aliphatic rings. The number of amidine groups is 1. The van der Waals surface area contributed by atoms with Crippen LogP contribution in [0.4, 0.5) is 10.8 Å². The van der Waals surface area contributed by atoms with E-state index in [4.69, 9.17) is 5.73 Å². The van der Waals surface area contributed by atoms with Gasteiger partial charge in [-0.25, -0.2) is 9.98 Å². The molecule has 0 radical (unpaired) electrons. The lowest BCUT2D eigenvalue weighted by Crippen LogP contribution is -2.34. The van der Waals surface area contributed by atoms with Crippen LogP contribution in [0.2, 0.25) is 0 Å². The van der Waals surface area contributed by atoms with Gasteiger partial charge in [-0.2, -0.15) is 5.10 Å². The molecule has 1 aromatic carbocycles. The van der Waals surface area contributed by atoms with Gasteiger partial charge in [0.25, 0.3) is 0 Å². The van der Waals surface area contributed by atoms with E-state index in [9.17, 15) is 9.59 Å². The number of hydrogen-bond acceptors (Lipinski definition) is 7. The van der Waals surface area contributed by atoms with Crippen LogP contribution in [0, 0.1) is 6.92 Å². The number of aryl methyl sites for hydroxylation is 1. The Morgan fingerprint density at radius 2 is 2.00 bits per heavy atom. The lowest BCUT2D eigenvalue weighted by atomic mass is 10.2. The first kappa shape index (κ1) is 30.0. The van der Waals surface area contributed by atoms with Gasteiger partial charge in [0.05, 0.1) is 23.9 Å². The van der Waals surface area contributed by atoms with E-state index in [-0.39, 0.29) is 5.91 Å². The number of carbonyl (C=O) groups is 2. The molecule has 5 N–H and O–H groups in total. The minimum atomic E-state index is 0.127. The summed E-state index contributed by atoms with van der Waals surface area (Å²) >= 11 is 4.83. The Kier molecular flexibility index (Phi) is 12.8. The molecule has 0 bridgehead atoms. The second-order valence-corrected chi connectivity index (χ2v) is 10.3. The van der Waals surface area contributed by atoms with Crippen LogP contribution in [0.25, 0.3) is 10.9 Å². The summed E-state index contributed by atoms with van der Waals surface area (Å²) in [4.78, 5) is 33.6. The Labute approximate surface area is 230 Å². The minimum Gasteiger partial charge on any atom is -0.383 e. The maximum absolute atomic E-state index is 11.9. The number of aromatic nitrogens is 3. The van der Waals surface area contributed by atoms with E-state index in [2.05, 4.69) is 60.6 Å². The number of halogens is 1. The highest BCUT2D eigenvalue weighted by atomic mass is 79.9. The third-order valence-corrected chi connectivity index (χ3v) is 6.50. The molecule has 0 saturated carbocycles. The van der Waals surface area contributed by atoms with Crippen molar-refractivity contribution in [1.29, 1.82) is 0 Å². The Morgan fingerprint density at radius 1 is 1.30 bits per heavy atom. The maximum Gasteiger partial charge on any atom is 0.241 e. The van der Waals surface area contributed by atoms with Crippen molar-refractivity contribution < 1.29 is 9.59 Å². The number of likely N-dealkylation sites (tertiary alicyclic amines) is 1. The summed E-state index contributed by atoms with van der Waals surface area (Å²) in [6.45, 7) is 10.1. The summed E-state index contributed by atoms with van der Waals surface area (Å²) < 4.78 is 0.841. The fourth-order valence-corrected chi connectivity index (χ4v) is 4.33. The molecular formula is C25H35BrN8O2S. The molecule has 200 valence electrons. The summed E-state index contributed by atoms with van der Waals surface area (Å²) in [5.74, 6) is 0.535. The third-order valence-electron chi connectivity index (χ3n) is 5.04. The number of anilines is 1. The number of aromatic amines is 1. The third kappa shape index (κ3) is 9.62. The number of benzene rings is 1. The van der Waals surface area contributed by atoms with Crippen molar-refractivity contribution in [2.45, 2.75) is 47.0 Å². The molecule has 0 unspecified atom stereocenters. The molecule has 0 spiro atoms. The predicted molar refractivity (Wildman–Crippen MR) is 155 cm³/mol. The van der Waals surface area contributed by atoms with Gasteiger partial charge in [-0.05, 0) is 54.8 Å². The van der Waals surface area contributed by atoms with Gasteiger partial charge in [-0.1, -0.05) is 20.3 Å². The molecule has 2 amide bonds. The molecule has 37 heavy (non-hydrogen) atoms. The average Bonchev–Trinajstić information content (AvgIpc) is 3.64. The van der Waals surface area contributed by atoms with Gasteiger partial charge >= 0.3 is 0 Å². The number of nitrogens with one attached hydrogen (secondary N) is 3. The fourth-order valence-electron chi connectivity index (χ4n) is 3.23. The monoisotopic (exact) mass is 590 g/mol. The highest BCUT2D eigenvalue weighted by Crippen LogP contribution is 2.29. The Hall–Kier alpha value is -3.25. The topological polar surface area (TPSA) is 141 Å². The Bertz CT molecular complexity index is 1210. The summed E-state index contributed by atoms with van der Waals surface area (Å²) in [5, 5.41) is 13.9. The van der Waals surface area contributed by atoms with Crippen molar-refractivity contribution in [3.05, 3.63) is 45.6 Å². The quantitative estimate of drug-likeness (QED) is 0.176. The molecule has 3 heterocycles. The lowest BCUT2D eigenvalue weighted by molar-refractivity contribution is -0.129. The number of thiazole rings is 1. The van der Waals surface area contributed by atoms with Crippen molar-refractivity contribution >= 4 is 67.1 Å². The van der Waals surface area contributed by atoms with E-state index in [1.165, 1.54) is 17.8 Å². The first-order valence-corrected chi connectivity index (χ1v) is 13.7. The highest BCUT2D eigenvalue weighted by molar-refractivity contribution is 9.10. The van der Waals surface area contributed by atoms with Crippen molar-refractivity contribution in [2.75, 3.05) is 25.0 Å². The first-order chi connectivity index (χ1) is 17.8. The van der Waals surface area contributed by atoms with Crippen LogP contribution in [0.5, 0.6) is 0 Å². The standard InChI is InChI=1S/C14H21N5OS.C8H6BrN3O.C3H8/c1-10(13(15)18-14-17-8-11(2)21-14)7-16-9-12(20)19-5-3-4-6-19;9-6-1-2-7-5(3-11-12-7)8(6)10-4-13;1-3-2/h7-8,16H,3-6,9H2,1-2H3,(H2,15,17,18);1-4H,(H,10,13)(H,11,12);3H2,1-2H3/b10-7-;;. The number of fused-ring (bicyclic) bond motifs is 1. The van der Waals surface area contributed by atoms with Crippen molar-refractivity contribution in [3.63, 3.8) is 0 Å². The first-order valence-electron chi connectivity index (χ1n) is 12.1. The van der Waals surface area contributed by atoms with Gasteiger partial charge in [0.1, 0.15) is 5.84 Å². The number of nitrogens with two attached hydrogens (primary N) is 1. The molecule has 12 heteroatoms. The zero-order valence-electron chi connectivity index (χ0n) is 21.7.